The fourth-order valence-electron chi connectivity index (χ4n) is 1.67. The molecule has 0 amide bonds. The molecule has 16 heavy (non-hydrogen) atoms. The van der Waals surface area contributed by atoms with Crippen molar-refractivity contribution in [3.05, 3.63) is 16.4 Å². The van der Waals surface area contributed by atoms with Crippen LogP contribution in [0.25, 0.3) is 0 Å². The number of aryl methyl sites for hydroxylation is 2. The normalized spacial score (nSPS) is 13.1. The molecule has 1 rings (SSSR count). The minimum atomic E-state index is -0.418. The third-order valence-corrected chi connectivity index (χ3v) is 3.00. The second-order valence-corrected chi connectivity index (χ2v) is 4.21. The number of nitrogens with one attached hydrogen (secondary N) is 1. The highest BCUT2D eigenvalue weighted by Gasteiger charge is 2.15. The van der Waals surface area contributed by atoms with Crippen LogP contribution < -0.4 is 5.32 Å². The average molecular weight is 246 g/mol. The van der Waals surface area contributed by atoms with Gasteiger partial charge < -0.3 is 10.4 Å². The lowest BCUT2D eigenvalue weighted by Gasteiger charge is -2.12. The number of aromatic nitrogens is 2. The van der Waals surface area contributed by atoms with Crippen molar-refractivity contribution in [3.63, 3.8) is 0 Å². The zero-order chi connectivity index (χ0) is 12.1. The summed E-state index contributed by atoms with van der Waals surface area (Å²) in [5.74, 6) is 0. The van der Waals surface area contributed by atoms with Crippen LogP contribution in [0.3, 0.4) is 0 Å². The van der Waals surface area contributed by atoms with Gasteiger partial charge >= 0.3 is 0 Å². The zero-order valence-corrected chi connectivity index (χ0v) is 10.9. The summed E-state index contributed by atoms with van der Waals surface area (Å²) in [6, 6.07) is 0. The second kappa shape index (κ2) is 6.23. The Morgan fingerprint density at radius 1 is 1.50 bits per heavy atom. The molecule has 0 aliphatic rings. The van der Waals surface area contributed by atoms with E-state index >= 15 is 0 Å². The van der Waals surface area contributed by atoms with Crippen molar-refractivity contribution in [2.75, 3.05) is 13.1 Å². The predicted molar refractivity (Wildman–Crippen MR) is 65.9 cm³/mol. The minimum Gasteiger partial charge on any atom is -0.391 e. The Balaban J connectivity index is 2.71. The van der Waals surface area contributed by atoms with E-state index in [1.54, 1.807) is 0 Å². The summed E-state index contributed by atoms with van der Waals surface area (Å²) in [4.78, 5) is 0. The summed E-state index contributed by atoms with van der Waals surface area (Å²) >= 11 is 6.16. The van der Waals surface area contributed by atoms with Gasteiger partial charge in [0.1, 0.15) is 0 Å². The summed E-state index contributed by atoms with van der Waals surface area (Å²) < 4.78 is 1.85. The van der Waals surface area contributed by atoms with Crippen molar-refractivity contribution in [2.45, 2.75) is 39.8 Å². The molecule has 0 aromatic carbocycles. The second-order valence-electron chi connectivity index (χ2n) is 3.83. The summed E-state index contributed by atoms with van der Waals surface area (Å²) in [6.07, 6.45) is 0.124. The van der Waals surface area contributed by atoms with Crippen LogP contribution in [0.5, 0.6) is 0 Å². The van der Waals surface area contributed by atoms with Gasteiger partial charge in [0.2, 0.25) is 0 Å². The molecule has 0 spiro atoms. The number of halogens is 1. The Morgan fingerprint density at radius 2 is 2.19 bits per heavy atom. The van der Waals surface area contributed by atoms with Crippen LogP contribution in [0.2, 0.25) is 5.02 Å². The van der Waals surface area contributed by atoms with Crippen molar-refractivity contribution in [1.29, 1.82) is 0 Å². The summed E-state index contributed by atoms with van der Waals surface area (Å²) in [5.41, 5.74) is 1.75. The Hall–Kier alpha value is -0.580. The number of hydrogen-bond acceptors (Lipinski definition) is 3. The fourth-order valence-corrected chi connectivity index (χ4v) is 1.88. The molecule has 1 heterocycles. The van der Waals surface area contributed by atoms with Crippen LogP contribution in [-0.2, 0) is 13.0 Å². The smallest absolute Gasteiger partial charge is 0.0848 e. The van der Waals surface area contributed by atoms with Gasteiger partial charge in [0.25, 0.3) is 0 Å². The van der Waals surface area contributed by atoms with E-state index in [0.717, 1.165) is 24.5 Å². The van der Waals surface area contributed by atoms with Crippen molar-refractivity contribution >= 4 is 11.6 Å². The highest BCUT2D eigenvalue weighted by molar-refractivity contribution is 6.31. The number of rotatable bonds is 6. The molecule has 2 N–H and O–H groups in total. The van der Waals surface area contributed by atoms with Crippen LogP contribution >= 0.6 is 11.6 Å². The van der Waals surface area contributed by atoms with E-state index in [-0.39, 0.29) is 0 Å². The van der Waals surface area contributed by atoms with Crippen molar-refractivity contribution < 1.29 is 5.11 Å². The fraction of sp³-hybridized carbons (Fsp3) is 0.727. The molecule has 0 aliphatic carbocycles. The van der Waals surface area contributed by atoms with Crippen LogP contribution in [-0.4, -0.2) is 34.1 Å². The van der Waals surface area contributed by atoms with Gasteiger partial charge in [-0.15, -0.1) is 0 Å². The first kappa shape index (κ1) is 13.5. The Bertz CT molecular complexity index is 338. The van der Waals surface area contributed by atoms with Crippen LogP contribution in [0.15, 0.2) is 0 Å². The first-order chi connectivity index (χ1) is 7.60. The van der Waals surface area contributed by atoms with Gasteiger partial charge in [-0.05, 0) is 20.4 Å². The molecule has 0 bridgehead atoms. The molecule has 0 saturated carbocycles. The highest BCUT2D eigenvalue weighted by Crippen LogP contribution is 2.21. The molecular formula is C11H20ClN3O. The van der Waals surface area contributed by atoms with Crippen LogP contribution in [0.1, 0.15) is 25.2 Å². The maximum Gasteiger partial charge on any atom is 0.0848 e. The third kappa shape index (κ3) is 3.20. The first-order valence-corrected chi connectivity index (χ1v) is 6.08. The number of aliphatic hydroxyl groups excluding tert-OH is 1. The molecule has 1 atom stereocenters. The lowest BCUT2D eigenvalue weighted by Crippen LogP contribution is -2.29. The average Bonchev–Trinajstić information content (AvgIpc) is 2.54. The van der Waals surface area contributed by atoms with Crippen molar-refractivity contribution in [2.24, 2.45) is 0 Å². The quantitative estimate of drug-likeness (QED) is 0.796. The topological polar surface area (TPSA) is 50.1 Å². The number of nitrogens with zero attached hydrogens (tertiary/aromatic N) is 2. The molecule has 0 radical (unpaired) electrons. The van der Waals surface area contributed by atoms with Gasteiger partial charge in [-0.2, -0.15) is 5.10 Å². The van der Waals surface area contributed by atoms with Gasteiger partial charge in [-0.25, -0.2) is 0 Å². The number of aliphatic hydroxyl groups is 1. The predicted octanol–water partition coefficient (Wildman–Crippen LogP) is 1.38. The Kier molecular flexibility index (Phi) is 5.25. The van der Waals surface area contributed by atoms with E-state index in [1.807, 2.05) is 25.5 Å². The molecule has 0 saturated heterocycles. The van der Waals surface area contributed by atoms with Crippen molar-refractivity contribution in [3.8, 4) is 0 Å². The van der Waals surface area contributed by atoms with E-state index in [9.17, 15) is 5.11 Å². The van der Waals surface area contributed by atoms with E-state index in [0.29, 0.717) is 18.0 Å². The largest absolute Gasteiger partial charge is 0.391 e. The molecule has 0 fully saturated rings. The zero-order valence-electron chi connectivity index (χ0n) is 10.1. The summed E-state index contributed by atoms with van der Waals surface area (Å²) in [6.45, 7) is 8.13. The lowest BCUT2D eigenvalue weighted by atomic mass is 10.2. The van der Waals surface area contributed by atoms with Crippen LogP contribution in [0.4, 0.5) is 0 Å². The van der Waals surface area contributed by atoms with E-state index in [2.05, 4.69) is 10.4 Å². The maximum absolute atomic E-state index is 9.83. The lowest BCUT2D eigenvalue weighted by molar-refractivity contribution is 0.170. The van der Waals surface area contributed by atoms with Gasteiger partial charge in [0.15, 0.2) is 0 Å². The first-order valence-electron chi connectivity index (χ1n) is 5.70. The van der Waals surface area contributed by atoms with E-state index < -0.39 is 6.10 Å². The molecule has 1 aromatic rings. The standard InChI is InChI=1S/C11H20ClN3O/c1-4-13-7-9(16)6-10-11(12)8(3)14-15(10)5-2/h9,13,16H,4-7H2,1-3H3. The molecule has 92 valence electrons. The number of hydrogen-bond donors (Lipinski definition) is 2. The highest BCUT2D eigenvalue weighted by atomic mass is 35.5. The van der Waals surface area contributed by atoms with E-state index in [1.165, 1.54) is 0 Å². The molecular weight excluding hydrogens is 226 g/mol. The van der Waals surface area contributed by atoms with Crippen LogP contribution in [0, 0.1) is 6.92 Å². The Morgan fingerprint density at radius 3 is 2.75 bits per heavy atom. The molecule has 1 unspecified atom stereocenters. The molecule has 0 aliphatic heterocycles. The summed E-state index contributed by atoms with van der Waals surface area (Å²) in [7, 11) is 0. The van der Waals surface area contributed by atoms with Gasteiger partial charge in [0, 0.05) is 19.5 Å². The molecule has 1 aromatic heterocycles. The molecule has 5 heteroatoms. The third-order valence-electron chi connectivity index (χ3n) is 2.51. The molecule has 4 nitrogen and oxygen atoms in total. The Labute approximate surface area is 102 Å². The van der Waals surface area contributed by atoms with Gasteiger partial charge in [0.05, 0.1) is 22.5 Å². The van der Waals surface area contributed by atoms with Gasteiger partial charge in [-0.3, -0.25) is 4.68 Å². The van der Waals surface area contributed by atoms with Crippen molar-refractivity contribution in [1.82, 2.24) is 15.1 Å². The number of likely N-dealkylation sites (N-methyl/N-ethyl adjacent to an activating group) is 1. The summed E-state index contributed by atoms with van der Waals surface area (Å²) in [5, 5.41) is 17.9. The van der Waals surface area contributed by atoms with Gasteiger partial charge in [-0.1, -0.05) is 18.5 Å². The maximum atomic E-state index is 9.83. The minimum absolute atomic E-state index is 0.418. The SMILES string of the molecule is CCNCC(O)Cc1c(Cl)c(C)nn1CC. The monoisotopic (exact) mass is 245 g/mol. The van der Waals surface area contributed by atoms with E-state index in [4.69, 9.17) is 11.6 Å².